The number of aromatic nitrogens is 1. The topological polar surface area (TPSA) is 30.0 Å². The number of Topliss-reactive ketones (excluding diaryl/α,β-unsaturated/α-hetero) is 1. The lowest BCUT2D eigenvalue weighted by Gasteiger charge is -2.02. The molecule has 0 unspecified atom stereocenters. The summed E-state index contributed by atoms with van der Waals surface area (Å²) in [4.78, 5) is 14.9. The van der Waals surface area contributed by atoms with E-state index in [0.717, 1.165) is 18.5 Å². The van der Waals surface area contributed by atoms with E-state index in [4.69, 9.17) is 0 Å². The Bertz CT molecular complexity index is 294. The van der Waals surface area contributed by atoms with Crippen molar-refractivity contribution in [1.82, 2.24) is 4.98 Å². The molecular formula is C11H15NO. The second-order valence-electron chi connectivity index (χ2n) is 3.30. The van der Waals surface area contributed by atoms with Gasteiger partial charge in [0.1, 0.15) is 5.78 Å². The van der Waals surface area contributed by atoms with Gasteiger partial charge in [-0.3, -0.25) is 4.98 Å². The molecule has 70 valence electrons. The lowest BCUT2D eigenvalue weighted by molar-refractivity contribution is -0.117. The van der Waals surface area contributed by atoms with Crippen molar-refractivity contribution in [2.45, 2.75) is 33.1 Å². The maximum atomic E-state index is 10.7. The predicted octanol–water partition coefficient (Wildman–Crippen LogP) is 2.30. The van der Waals surface area contributed by atoms with Gasteiger partial charge in [-0.25, -0.2) is 0 Å². The monoisotopic (exact) mass is 177 g/mol. The van der Waals surface area contributed by atoms with Crippen LogP contribution in [0.5, 0.6) is 0 Å². The second kappa shape index (κ2) is 4.75. The van der Waals surface area contributed by atoms with Crippen molar-refractivity contribution in [3.05, 3.63) is 29.6 Å². The SMILES string of the molecule is CC(=O)CCCc1cccnc1C. The fourth-order valence-corrected chi connectivity index (χ4v) is 1.31. The number of hydrogen-bond donors (Lipinski definition) is 0. The summed E-state index contributed by atoms with van der Waals surface area (Å²) in [6.07, 6.45) is 4.36. The highest BCUT2D eigenvalue weighted by molar-refractivity contribution is 5.75. The van der Waals surface area contributed by atoms with Crippen LogP contribution in [0.3, 0.4) is 0 Å². The minimum Gasteiger partial charge on any atom is -0.300 e. The Hall–Kier alpha value is -1.18. The van der Waals surface area contributed by atoms with E-state index < -0.39 is 0 Å². The third kappa shape index (κ3) is 3.36. The van der Waals surface area contributed by atoms with Crippen LogP contribution in [-0.4, -0.2) is 10.8 Å². The van der Waals surface area contributed by atoms with Crippen LogP contribution in [0, 0.1) is 6.92 Å². The van der Waals surface area contributed by atoms with Crippen molar-refractivity contribution >= 4 is 5.78 Å². The van der Waals surface area contributed by atoms with E-state index >= 15 is 0 Å². The molecule has 0 aromatic carbocycles. The van der Waals surface area contributed by atoms with Gasteiger partial charge >= 0.3 is 0 Å². The lowest BCUT2D eigenvalue weighted by atomic mass is 10.1. The maximum absolute atomic E-state index is 10.7. The van der Waals surface area contributed by atoms with Crippen molar-refractivity contribution in [3.8, 4) is 0 Å². The Morgan fingerprint density at radius 1 is 1.54 bits per heavy atom. The fraction of sp³-hybridized carbons (Fsp3) is 0.455. The van der Waals surface area contributed by atoms with E-state index in [9.17, 15) is 4.79 Å². The number of hydrogen-bond acceptors (Lipinski definition) is 2. The van der Waals surface area contributed by atoms with Crippen LogP contribution < -0.4 is 0 Å². The summed E-state index contributed by atoms with van der Waals surface area (Å²) < 4.78 is 0. The third-order valence-electron chi connectivity index (χ3n) is 2.09. The molecule has 2 nitrogen and oxygen atoms in total. The molecule has 0 aliphatic heterocycles. The number of carbonyl (C=O) groups is 1. The highest BCUT2D eigenvalue weighted by Gasteiger charge is 1.99. The summed E-state index contributed by atoms with van der Waals surface area (Å²) in [6.45, 7) is 3.64. The van der Waals surface area contributed by atoms with Crippen molar-refractivity contribution in [2.24, 2.45) is 0 Å². The third-order valence-corrected chi connectivity index (χ3v) is 2.09. The predicted molar refractivity (Wildman–Crippen MR) is 52.6 cm³/mol. The molecule has 2 heteroatoms. The van der Waals surface area contributed by atoms with Crippen LogP contribution in [-0.2, 0) is 11.2 Å². The zero-order valence-electron chi connectivity index (χ0n) is 8.21. The average molecular weight is 177 g/mol. The number of aryl methyl sites for hydroxylation is 2. The second-order valence-corrected chi connectivity index (χ2v) is 3.30. The molecule has 0 radical (unpaired) electrons. The first-order valence-electron chi connectivity index (χ1n) is 4.60. The van der Waals surface area contributed by atoms with Gasteiger partial charge in [0.25, 0.3) is 0 Å². The van der Waals surface area contributed by atoms with Gasteiger partial charge in [-0.05, 0) is 38.3 Å². The minimum absolute atomic E-state index is 0.265. The number of rotatable bonds is 4. The molecule has 0 aliphatic carbocycles. The molecule has 1 aromatic heterocycles. The van der Waals surface area contributed by atoms with Crippen molar-refractivity contribution in [2.75, 3.05) is 0 Å². The van der Waals surface area contributed by atoms with E-state index in [2.05, 4.69) is 11.1 Å². The average Bonchev–Trinajstić information content (AvgIpc) is 2.08. The molecule has 0 fully saturated rings. The van der Waals surface area contributed by atoms with Gasteiger partial charge < -0.3 is 4.79 Å². The Morgan fingerprint density at radius 2 is 2.31 bits per heavy atom. The van der Waals surface area contributed by atoms with Gasteiger partial charge in [0, 0.05) is 18.3 Å². The summed E-state index contributed by atoms with van der Waals surface area (Å²) in [5.41, 5.74) is 2.33. The van der Waals surface area contributed by atoms with E-state index in [-0.39, 0.29) is 5.78 Å². The lowest BCUT2D eigenvalue weighted by Crippen LogP contribution is -1.95. The Balaban J connectivity index is 2.45. The van der Waals surface area contributed by atoms with Crippen molar-refractivity contribution in [1.29, 1.82) is 0 Å². The van der Waals surface area contributed by atoms with Gasteiger partial charge in [0.15, 0.2) is 0 Å². The summed E-state index contributed by atoms with van der Waals surface area (Å²) in [6, 6.07) is 4.01. The molecule has 13 heavy (non-hydrogen) atoms. The standard InChI is InChI=1S/C11H15NO/c1-9(13)5-3-6-11-7-4-8-12-10(11)2/h4,7-8H,3,5-6H2,1-2H3. The first kappa shape index (κ1) is 9.90. The molecule has 1 rings (SSSR count). The Kier molecular flexibility index (Phi) is 3.62. The highest BCUT2D eigenvalue weighted by atomic mass is 16.1. The Morgan fingerprint density at radius 3 is 2.92 bits per heavy atom. The van der Waals surface area contributed by atoms with Gasteiger partial charge in [-0.15, -0.1) is 0 Å². The first-order valence-corrected chi connectivity index (χ1v) is 4.60. The van der Waals surface area contributed by atoms with E-state index in [0.29, 0.717) is 6.42 Å². The number of carbonyl (C=O) groups excluding carboxylic acids is 1. The van der Waals surface area contributed by atoms with Crippen LogP contribution in [0.1, 0.15) is 31.0 Å². The van der Waals surface area contributed by atoms with E-state index in [1.807, 2.05) is 13.0 Å². The highest BCUT2D eigenvalue weighted by Crippen LogP contribution is 2.08. The maximum Gasteiger partial charge on any atom is 0.129 e. The molecule has 0 atom stereocenters. The number of nitrogens with zero attached hydrogens (tertiary/aromatic N) is 1. The van der Waals surface area contributed by atoms with Crippen LogP contribution in [0.15, 0.2) is 18.3 Å². The summed E-state index contributed by atoms with van der Waals surface area (Å²) in [7, 11) is 0. The summed E-state index contributed by atoms with van der Waals surface area (Å²) >= 11 is 0. The van der Waals surface area contributed by atoms with Crippen LogP contribution in [0.25, 0.3) is 0 Å². The number of ketones is 1. The normalized spacial score (nSPS) is 10.0. The molecular weight excluding hydrogens is 162 g/mol. The van der Waals surface area contributed by atoms with E-state index in [1.165, 1.54) is 5.56 Å². The molecule has 0 bridgehead atoms. The van der Waals surface area contributed by atoms with Crippen molar-refractivity contribution in [3.63, 3.8) is 0 Å². The van der Waals surface area contributed by atoms with E-state index in [1.54, 1.807) is 13.1 Å². The zero-order chi connectivity index (χ0) is 9.68. The molecule has 1 aromatic rings. The molecule has 0 N–H and O–H groups in total. The quantitative estimate of drug-likeness (QED) is 0.706. The van der Waals surface area contributed by atoms with Crippen LogP contribution >= 0.6 is 0 Å². The van der Waals surface area contributed by atoms with Gasteiger partial charge in [0.2, 0.25) is 0 Å². The molecule has 0 saturated heterocycles. The van der Waals surface area contributed by atoms with Crippen LogP contribution in [0.2, 0.25) is 0 Å². The Labute approximate surface area is 79.0 Å². The van der Waals surface area contributed by atoms with Crippen molar-refractivity contribution < 1.29 is 4.79 Å². The first-order chi connectivity index (χ1) is 6.20. The fourth-order valence-electron chi connectivity index (χ4n) is 1.31. The molecule has 0 spiro atoms. The zero-order valence-corrected chi connectivity index (χ0v) is 8.21. The largest absolute Gasteiger partial charge is 0.300 e. The van der Waals surface area contributed by atoms with Gasteiger partial charge in [-0.1, -0.05) is 6.07 Å². The van der Waals surface area contributed by atoms with Gasteiger partial charge in [-0.2, -0.15) is 0 Å². The number of pyridine rings is 1. The minimum atomic E-state index is 0.265. The molecule has 0 saturated carbocycles. The molecule has 0 aliphatic rings. The molecule has 1 heterocycles. The molecule has 0 amide bonds. The summed E-state index contributed by atoms with van der Waals surface area (Å²) in [5, 5.41) is 0. The summed E-state index contributed by atoms with van der Waals surface area (Å²) in [5.74, 6) is 0.265. The smallest absolute Gasteiger partial charge is 0.129 e. The van der Waals surface area contributed by atoms with Gasteiger partial charge in [0.05, 0.1) is 0 Å². The van der Waals surface area contributed by atoms with Crippen LogP contribution in [0.4, 0.5) is 0 Å².